The normalized spacial score (nSPS) is 13.1. The van der Waals surface area contributed by atoms with Gasteiger partial charge in [0.05, 0.1) is 6.61 Å². The van der Waals surface area contributed by atoms with E-state index in [9.17, 15) is 29.1 Å². The predicted octanol–water partition coefficient (Wildman–Crippen LogP) is 4.10. The highest BCUT2D eigenvalue weighted by Crippen LogP contribution is 2.10. The Balaban J connectivity index is 1.72. The number of carbonyl (C=O) groups is 5. The molecule has 0 aliphatic heterocycles. The summed E-state index contributed by atoms with van der Waals surface area (Å²) in [5, 5.41) is 20.8. The molecule has 1 aromatic heterocycles. The highest BCUT2D eigenvalue weighted by Gasteiger charge is 2.29. The van der Waals surface area contributed by atoms with Crippen molar-refractivity contribution in [3.63, 3.8) is 0 Å². The number of alkyl carbamates (subject to hydrolysis) is 1. The minimum Gasteiger partial charge on any atom is -0.445 e. The summed E-state index contributed by atoms with van der Waals surface area (Å²) in [6.45, 7) is 7.63. The van der Waals surface area contributed by atoms with Crippen LogP contribution in [-0.2, 0) is 25.7 Å². The summed E-state index contributed by atoms with van der Waals surface area (Å²) < 4.78 is 6.60. The molecule has 0 saturated carbocycles. The van der Waals surface area contributed by atoms with Crippen molar-refractivity contribution in [2.45, 2.75) is 97.4 Å². The molecule has 12 heteroatoms. The largest absolute Gasteiger partial charge is 0.445 e. The number of hydrogen-bond acceptors (Lipinski definition) is 7. The number of hydrogen-bond donors (Lipinski definition) is 5. The number of unbranched alkanes of at least 4 members (excludes halogenated alkanes) is 4. The fourth-order valence-corrected chi connectivity index (χ4v) is 4.88. The third-order valence-corrected chi connectivity index (χ3v) is 7.53. The Morgan fingerprint density at radius 3 is 2.15 bits per heavy atom. The maximum absolute atomic E-state index is 13.1. The van der Waals surface area contributed by atoms with E-state index in [4.69, 9.17) is 4.74 Å². The van der Waals surface area contributed by atoms with E-state index in [1.54, 1.807) is 44.4 Å². The van der Waals surface area contributed by atoms with Gasteiger partial charge in [0.1, 0.15) is 18.7 Å². The van der Waals surface area contributed by atoms with Crippen LogP contribution in [0.5, 0.6) is 0 Å². The van der Waals surface area contributed by atoms with E-state index in [1.807, 2.05) is 44.2 Å². The summed E-state index contributed by atoms with van der Waals surface area (Å²) in [6.07, 6.45) is 10.6. The standard InChI is InChI=1S/C36H53N5O7/c1-26(2)23-29(18-19-32(44)41-21-13-14-22-41)38-34(45)30(24-42)39-35(46)33(27(3)4)40-31(43)17-11-6-5-7-12-20-37-36(47)48-25-28-15-9-8-10-16-28/h8-10,13-16,18-19,21-22,26-27,29-30,33,42H,5-7,11-12,17,20,23-25H2,1-4H3,(H,37,47)(H,38,45)(H,39,46)(H,40,43)/b19-18+/t29-,30+,33+/m1/s1. The average molecular weight is 668 g/mol. The minimum atomic E-state index is -1.24. The van der Waals surface area contributed by atoms with Crippen molar-refractivity contribution < 1.29 is 33.8 Å². The lowest BCUT2D eigenvalue weighted by Crippen LogP contribution is -2.57. The van der Waals surface area contributed by atoms with Crippen LogP contribution >= 0.6 is 0 Å². The van der Waals surface area contributed by atoms with Crippen LogP contribution in [0.2, 0.25) is 0 Å². The highest BCUT2D eigenvalue weighted by atomic mass is 16.5. The fraction of sp³-hybridized carbons (Fsp3) is 0.528. The van der Waals surface area contributed by atoms with E-state index in [2.05, 4.69) is 21.3 Å². The van der Waals surface area contributed by atoms with E-state index in [0.29, 0.717) is 19.4 Å². The number of benzene rings is 1. The molecule has 0 bridgehead atoms. The van der Waals surface area contributed by atoms with Gasteiger partial charge in [-0.05, 0) is 48.8 Å². The van der Waals surface area contributed by atoms with Gasteiger partial charge < -0.3 is 31.1 Å². The zero-order valence-electron chi connectivity index (χ0n) is 28.7. The number of amides is 4. The molecule has 0 spiro atoms. The maximum Gasteiger partial charge on any atom is 0.407 e. The zero-order valence-corrected chi connectivity index (χ0v) is 28.7. The Bertz CT molecular complexity index is 1300. The maximum atomic E-state index is 13.1. The van der Waals surface area contributed by atoms with Gasteiger partial charge in [-0.25, -0.2) is 4.79 Å². The summed E-state index contributed by atoms with van der Waals surface area (Å²) >= 11 is 0. The summed E-state index contributed by atoms with van der Waals surface area (Å²) in [5.41, 5.74) is 0.924. The molecule has 264 valence electrons. The van der Waals surface area contributed by atoms with Gasteiger partial charge in [-0.1, -0.05) is 83.4 Å². The molecule has 2 rings (SSSR count). The van der Waals surface area contributed by atoms with Crippen LogP contribution in [0.25, 0.3) is 0 Å². The second-order valence-corrected chi connectivity index (χ2v) is 12.6. The quantitative estimate of drug-likeness (QED) is 0.0987. The number of rotatable bonds is 21. The van der Waals surface area contributed by atoms with E-state index >= 15 is 0 Å². The predicted molar refractivity (Wildman–Crippen MR) is 184 cm³/mol. The van der Waals surface area contributed by atoms with Crippen LogP contribution in [0.4, 0.5) is 4.79 Å². The van der Waals surface area contributed by atoms with Crippen molar-refractivity contribution >= 4 is 29.7 Å². The molecular weight excluding hydrogens is 614 g/mol. The number of nitrogens with one attached hydrogen (secondary N) is 4. The Kier molecular flexibility index (Phi) is 18.4. The Labute approximate surface area is 284 Å². The monoisotopic (exact) mass is 667 g/mol. The molecule has 3 atom stereocenters. The molecule has 0 aliphatic rings. The molecule has 0 saturated heterocycles. The van der Waals surface area contributed by atoms with Crippen LogP contribution in [0.1, 0.15) is 83.0 Å². The second-order valence-electron chi connectivity index (χ2n) is 12.6. The molecule has 0 fully saturated rings. The molecule has 1 heterocycles. The smallest absolute Gasteiger partial charge is 0.407 e. The second kappa shape index (κ2) is 22.2. The van der Waals surface area contributed by atoms with Crippen molar-refractivity contribution in [1.82, 2.24) is 25.8 Å². The van der Waals surface area contributed by atoms with Gasteiger partial charge in [0.2, 0.25) is 17.7 Å². The molecule has 48 heavy (non-hydrogen) atoms. The van der Waals surface area contributed by atoms with Crippen molar-refractivity contribution in [3.05, 3.63) is 72.6 Å². The first-order valence-corrected chi connectivity index (χ1v) is 16.8. The summed E-state index contributed by atoms with van der Waals surface area (Å²) in [6, 6.07) is 10.3. The van der Waals surface area contributed by atoms with Crippen molar-refractivity contribution in [2.75, 3.05) is 13.2 Å². The van der Waals surface area contributed by atoms with Gasteiger partial charge in [-0.15, -0.1) is 0 Å². The third kappa shape index (κ3) is 15.9. The van der Waals surface area contributed by atoms with Crippen molar-refractivity contribution in [3.8, 4) is 0 Å². The lowest BCUT2D eigenvalue weighted by atomic mass is 10.0. The number of allylic oxidation sites excluding steroid dienone is 1. The minimum absolute atomic E-state index is 0.197. The van der Waals surface area contributed by atoms with Gasteiger partial charge in [-0.2, -0.15) is 0 Å². The first-order chi connectivity index (χ1) is 23.0. The summed E-state index contributed by atoms with van der Waals surface area (Å²) in [5.74, 6) is -1.77. The molecule has 4 amide bonds. The van der Waals surface area contributed by atoms with Gasteiger partial charge >= 0.3 is 6.09 Å². The number of aliphatic hydroxyl groups excluding tert-OH is 1. The van der Waals surface area contributed by atoms with Crippen LogP contribution in [0.15, 0.2) is 67.0 Å². The topological polar surface area (TPSA) is 168 Å². The van der Waals surface area contributed by atoms with E-state index in [0.717, 1.165) is 31.2 Å². The number of ether oxygens (including phenoxy) is 1. The first kappa shape index (κ1) is 39.7. The lowest BCUT2D eigenvalue weighted by Gasteiger charge is -2.26. The molecule has 12 nitrogen and oxygen atoms in total. The number of aliphatic hydroxyl groups is 1. The summed E-state index contributed by atoms with van der Waals surface area (Å²) in [7, 11) is 0. The van der Waals surface area contributed by atoms with Crippen molar-refractivity contribution in [2.24, 2.45) is 11.8 Å². The first-order valence-electron chi connectivity index (χ1n) is 16.8. The molecule has 0 aliphatic carbocycles. The molecule has 0 radical (unpaired) electrons. The summed E-state index contributed by atoms with van der Waals surface area (Å²) in [4.78, 5) is 63.0. The third-order valence-electron chi connectivity index (χ3n) is 7.53. The lowest BCUT2D eigenvalue weighted by molar-refractivity contribution is -0.133. The van der Waals surface area contributed by atoms with Gasteiger partial charge in [-0.3, -0.25) is 23.7 Å². The van der Waals surface area contributed by atoms with Gasteiger partial charge in [0, 0.05) is 37.5 Å². The average Bonchev–Trinajstić information content (AvgIpc) is 3.60. The molecule has 1 aromatic carbocycles. The van der Waals surface area contributed by atoms with Gasteiger partial charge in [0.15, 0.2) is 0 Å². The highest BCUT2D eigenvalue weighted by molar-refractivity contribution is 5.93. The van der Waals surface area contributed by atoms with E-state index < -0.39 is 42.6 Å². The number of aromatic nitrogens is 1. The molecule has 0 unspecified atom stereocenters. The van der Waals surface area contributed by atoms with Crippen LogP contribution in [0.3, 0.4) is 0 Å². The zero-order chi connectivity index (χ0) is 35.3. The molecule has 2 aromatic rings. The van der Waals surface area contributed by atoms with Crippen LogP contribution in [-0.4, -0.2) is 70.7 Å². The van der Waals surface area contributed by atoms with Crippen molar-refractivity contribution in [1.29, 1.82) is 0 Å². The number of nitrogens with zero attached hydrogens (tertiary/aromatic N) is 1. The van der Waals surface area contributed by atoms with Crippen LogP contribution < -0.4 is 21.3 Å². The fourth-order valence-electron chi connectivity index (χ4n) is 4.88. The Morgan fingerprint density at radius 2 is 1.50 bits per heavy atom. The van der Waals surface area contributed by atoms with Crippen LogP contribution in [0, 0.1) is 11.8 Å². The SMILES string of the molecule is CC(C)C[C@@H](/C=C/C(=O)n1cccc1)NC(=O)[C@H](CO)NC(=O)[C@@H](NC(=O)CCCCCCCNC(=O)OCc1ccccc1)C(C)C. The Morgan fingerprint density at radius 1 is 0.833 bits per heavy atom. The van der Waals surface area contributed by atoms with Gasteiger partial charge in [0.25, 0.3) is 5.91 Å². The molecule has 5 N–H and O–H groups in total. The van der Waals surface area contributed by atoms with E-state index in [1.165, 1.54) is 10.6 Å². The molecular formula is C36H53N5O7. The Hall–Kier alpha value is -4.45. The number of carbonyl (C=O) groups excluding carboxylic acids is 5. The van der Waals surface area contributed by atoms with E-state index in [-0.39, 0.29) is 36.7 Å².